The van der Waals surface area contributed by atoms with E-state index in [1.807, 2.05) is 0 Å². The van der Waals surface area contributed by atoms with Gasteiger partial charge in [0.25, 0.3) is 0 Å². The molecule has 1 rings (SSSR count). The predicted molar refractivity (Wildman–Crippen MR) is 63.4 cm³/mol. The minimum absolute atomic E-state index is 0.141. The summed E-state index contributed by atoms with van der Waals surface area (Å²) < 4.78 is 14.7. The van der Waals surface area contributed by atoms with Gasteiger partial charge in [-0.25, -0.2) is 0 Å². The molecule has 1 aliphatic carbocycles. The molecule has 100 valence electrons. The van der Waals surface area contributed by atoms with Gasteiger partial charge < -0.3 is 14.2 Å². The van der Waals surface area contributed by atoms with Gasteiger partial charge in [0, 0.05) is 13.0 Å². The van der Waals surface area contributed by atoms with Gasteiger partial charge in [-0.2, -0.15) is 0 Å². The average molecular weight is 254 g/mol. The van der Waals surface area contributed by atoms with Crippen molar-refractivity contribution in [3.8, 4) is 12.3 Å². The third-order valence-electron chi connectivity index (χ3n) is 3.54. The van der Waals surface area contributed by atoms with Crippen LogP contribution in [0.2, 0.25) is 0 Å². The number of esters is 2. The highest BCUT2D eigenvalue weighted by Crippen LogP contribution is 2.42. The maximum absolute atomic E-state index is 11.9. The fraction of sp³-hybridized carbons (Fsp3) is 0.692. The highest BCUT2D eigenvalue weighted by molar-refractivity contribution is 6.00. The average Bonchev–Trinajstić information content (AvgIpc) is 2.44. The quantitative estimate of drug-likeness (QED) is 0.423. The Labute approximate surface area is 107 Å². The van der Waals surface area contributed by atoms with E-state index in [0.717, 1.165) is 0 Å². The van der Waals surface area contributed by atoms with Crippen molar-refractivity contribution < 1.29 is 23.8 Å². The van der Waals surface area contributed by atoms with Gasteiger partial charge in [-0.3, -0.25) is 9.59 Å². The smallest absolute Gasteiger partial charge is 0.323 e. The minimum atomic E-state index is -1.30. The lowest BCUT2D eigenvalue weighted by Gasteiger charge is -2.38. The van der Waals surface area contributed by atoms with Crippen LogP contribution in [0.25, 0.3) is 0 Å². The van der Waals surface area contributed by atoms with Crippen LogP contribution >= 0.6 is 0 Å². The van der Waals surface area contributed by atoms with Crippen molar-refractivity contribution in [1.29, 1.82) is 0 Å². The van der Waals surface area contributed by atoms with Crippen molar-refractivity contribution in [3.05, 3.63) is 0 Å². The molecule has 1 saturated carbocycles. The SMILES string of the molecule is C#C[C@@H]1CC(C(=O)OC)(C(=O)OC)CC[C@H]1OC. The van der Waals surface area contributed by atoms with Crippen molar-refractivity contribution >= 4 is 11.9 Å². The summed E-state index contributed by atoms with van der Waals surface area (Å²) in [4.78, 5) is 23.8. The lowest BCUT2D eigenvalue weighted by molar-refractivity contribution is -0.175. The van der Waals surface area contributed by atoms with Crippen LogP contribution in [0.15, 0.2) is 0 Å². The Bertz CT molecular complexity index is 352. The van der Waals surface area contributed by atoms with Gasteiger partial charge in [-0.05, 0) is 19.3 Å². The zero-order chi connectivity index (χ0) is 13.8. The van der Waals surface area contributed by atoms with Gasteiger partial charge in [0.1, 0.15) is 0 Å². The van der Waals surface area contributed by atoms with Gasteiger partial charge in [0.2, 0.25) is 0 Å². The highest BCUT2D eigenvalue weighted by atomic mass is 16.5. The van der Waals surface area contributed by atoms with Crippen LogP contribution in [-0.4, -0.2) is 39.4 Å². The normalized spacial score (nSPS) is 25.9. The zero-order valence-electron chi connectivity index (χ0n) is 10.9. The largest absolute Gasteiger partial charge is 0.468 e. The molecule has 0 aromatic carbocycles. The molecule has 2 atom stereocenters. The van der Waals surface area contributed by atoms with Crippen LogP contribution in [0.4, 0.5) is 0 Å². The third-order valence-corrected chi connectivity index (χ3v) is 3.54. The number of carbonyl (C=O) groups excluding carboxylic acids is 2. The Morgan fingerprint density at radius 3 is 2.17 bits per heavy atom. The van der Waals surface area contributed by atoms with Gasteiger partial charge in [0.15, 0.2) is 5.41 Å². The van der Waals surface area contributed by atoms with Crippen LogP contribution < -0.4 is 0 Å². The Hall–Kier alpha value is -1.54. The van der Waals surface area contributed by atoms with E-state index in [4.69, 9.17) is 20.6 Å². The van der Waals surface area contributed by atoms with E-state index in [0.29, 0.717) is 12.8 Å². The van der Waals surface area contributed by atoms with Crippen molar-refractivity contribution in [2.24, 2.45) is 11.3 Å². The summed E-state index contributed by atoms with van der Waals surface area (Å²) in [6.45, 7) is 0. The standard InChI is InChI=1S/C13H18O5/c1-5-9-8-13(11(14)17-3,12(15)18-4)7-6-10(9)16-2/h1,9-10H,6-8H2,2-4H3/t9-,10-/m1/s1. The summed E-state index contributed by atoms with van der Waals surface area (Å²) in [6.07, 6.45) is 6.34. The zero-order valence-corrected chi connectivity index (χ0v) is 10.9. The van der Waals surface area contributed by atoms with E-state index in [9.17, 15) is 9.59 Å². The Morgan fingerprint density at radius 1 is 1.22 bits per heavy atom. The molecule has 0 unspecified atom stereocenters. The Balaban J connectivity index is 3.05. The first kappa shape index (κ1) is 14.5. The van der Waals surface area contributed by atoms with Crippen molar-refractivity contribution in [1.82, 2.24) is 0 Å². The van der Waals surface area contributed by atoms with Crippen LogP contribution in [0, 0.1) is 23.7 Å². The monoisotopic (exact) mass is 254 g/mol. The molecular formula is C13H18O5. The number of ether oxygens (including phenoxy) is 3. The molecular weight excluding hydrogens is 236 g/mol. The molecule has 0 spiro atoms. The van der Waals surface area contributed by atoms with E-state index < -0.39 is 17.4 Å². The van der Waals surface area contributed by atoms with Crippen LogP contribution in [0.5, 0.6) is 0 Å². The van der Waals surface area contributed by atoms with Gasteiger partial charge in [-0.15, -0.1) is 12.3 Å². The van der Waals surface area contributed by atoms with Crippen molar-refractivity contribution in [2.75, 3.05) is 21.3 Å². The molecule has 1 fully saturated rings. The lowest BCUT2D eigenvalue weighted by Crippen LogP contribution is -2.48. The van der Waals surface area contributed by atoms with Gasteiger partial charge in [0.05, 0.1) is 20.3 Å². The number of terminal acetylenes is 1. The van der Waals surface area contributed by atoms with Crippen molar-refractivity contribution in [3.63, 3.8) is 0 Å². The molecule has 0 N–H and O–H groups in total. The Kier molecular flexibility index (Phi) is 4.74. The number of hydrogen-bond donors (Lipinski definition) is 0. The topological polar surface area (TPSA) is 61.8 Å². The third kappa shape index (κ3) is 2.34. The summed E-state index contributed by atoms with van der Waals surface area (Å²) in [5.41, 5.74) is -1.30. The molecule has 5 nitrogen and oxygen atoms in total. The maximum atomic E-state index is 11.9. The molecule has 0 heterocycles. The fourth-order valence-electron chi connectivity index (χ4n) is 2.49. The van der Waals surface area contributed by atoms with E-state index in [-0.39, 0.29) is 18.4 Å². The predicted octanol–water partition coefficient (Wildman–Crippen LogP) is 0.767. The first-order chi connectivity index (χ1) is 8.55. The number of hydrogen-bond acceptors (Lipinski definition) is 5. The number of rotatable bonds is 3. The number of carbonyl (C=O) groups is 2. The summed E-state index contributed by atoms with van der Waals surface area (Å²) in [5.74, 6) is 1.09. The summed E-state index contributed by atoms with van der Waals surface area (Å²) in [7, 11) is 4.07. The van der Waals surface area contributed by atoms with E-state index >= 15 is 0 Å². The molecule has 0 aliphatic heterocycles. The molecule has 18 heavy (non-hydrogen) atoms. The summed E-state index contributed by atoms with van der Waals surface area (Å²) in [5, 5.41) is 0. The number of methoxy groups -OCH3 is 3. The second-order valence-corrected chi connectivity index (χ2v) is 4.36. The molecule has 0 aromatic rings. The second-order valence-electron chi connectivity index (χ2n) is 4.36. The van der Waals surface area contributed by atoms with Crippen molar-refractivity contribution in [2.45, 2.75) is 25.4 Å². The molecule has 0 bridgehead atoms. The van der Waals surface area contributed by atoms with Crippen LogP contribution in [0.1, 0.15) is 19.3 Å². The van der Waals surface area contributed by atoms with Gasteiger partial charge in [-0.1, -0.05) is 0 Å². The summed E-state index contributed by atoms with van der Waals surface area (Å²) >= 11 is 0. The fourth-order valence-corrected chi connectivity index (χ4v) is 2.49. The lowest BCUT2D eigenvalue weighted by atomic mass is 9.68. The second kappa shape index (κ2) is 5.87. The van der Waals surface area contributed by atoms with E-state index in [1.54, 1.807) is 7.11 Å². The first-order valence-corrected chi connectivity index (χ1v) is 5.71. The van der Waals surface area contributed by atoms with Crippen LogP contribution in [-0.2, 0) is 23.8 Å². The Morgan fingerprint density at radius 2 is 1.78 bits per heavy atom. The maximum Gasteiger partial charge on any atom is 0.323 e. The molecule has 1 aliphatic rings. The summed E-state index contributed by atoms with van der Waals surface area (Å²) in [6, 6.07) is 0. The molecule has 0 saturated heterocycles. The highest BCUT2D eigenvalue weighted by Gasteiger charge is 2.53. The van der Waals surface area contributed by atoms with Crippen LogP contribution in [0.3, 0.4) is 0 Å². The molecule has 5 heteroatoms. The molecule has 0 aromatic heterocycles. The minimum Gasteiger partial charge on any atom is -0.468 e. The van der Waals surface area contributed by atoms with E-state index in [1.165, 1.54) is 14.2 Å². The van der Waals surface area contributed by atoms with E-state index in [2.05, 4.69) is 5.92 Å². The molecule has 0 radical (unpaired) electrons. The van der Waals surface area contributed by atoms with Gasteiger partial charge >= 0.3 is 11.9 Å². The molecule has 0 amide bonds. The first-order valence-electron chi connectivity index (χ1n) is 5.71.